The van der Waals surface area contributed by atoms with Crippen LogP contribution in [-0.2, 0) is 28.9 Å². The van der Waals surface area contributed by atoms with Gasteiger partial charge in [0, 0.05) is 58.2 Å². The SMILES string of the molecule is CCN1C(=O)C(C)(C)C(=O)N(C)c2cc(OCCCN(CCn3ccc4occc4c3=O)Cc3cccnc3C(F)(F)F)ccc21. The molecule has 10 nitrogen and oxygen atoms in total. The molecule has 1 aliphatic heterocycles. The van der Waals surface area contributed by atoms with Gasteiger partial charge in [-0.3, -0.25) is 24.3 Å². The highest BCUT2D eigenvalue weighted by Crippen LogP contribution is 2.40. The minimum atomic E-state index is -4.61. The first-order chi connectivity index (χ1) is 21.8. The number of benzene rings is 1. The van der Waals surface area contributed by atoms with Gasteiger partial charge in [0.1, 0.15) is 22.4 Å². The molecule has 1 aromatic carbocycles. The van der Waals surface area contributed by atoms with E-state index in [9.17, 15) is 27.6 Å². The number of aromatic nitrogens is 2. The lowest BCUT2D eigenvalue weighted by Crippen LogP contribution is -2.47. The molecule has 0 spiro atoms. The number of ether oxygens (including phenoxy) is 1. The number of carbonyl (C=O) groups excluding carboxylic acids is 2. The van der Waals surface area contributed by atoms with Gasteiger partial charge in [0.15, 0.2) is 0 Å². The van der Waals surface area contributed by atoms with Crippen LogP contribution in [0.3, 0.4) is 0 Å². The summed E-state index contributed by atoms with van der Waals surface area (Å²) >= 11 is 0. The smallest absolute Gasteiger partial charge is 0.433 e. The highest BCUT2D eigenvalue weighted by molar-refractivity contribution is 6.20. The molecule has 0 saturated carbocycles. The van der Waals surface area contributed by atoms with Gasteiger partial charge in [0.25, 0.3) is 5.56 Å². The maximum absolute atomic E-state index is 13.7. The van der Waals surface area contributed by atoms with Crippen molar-refractivity contribution in [2.75, 3.05) is 43.1 Å². The summed E-state index contributed by atoms with van der Waals surface area (Å²) in [5, 5.41) is 0.428. The van der Waals surface area contributed by atoms with E-state index in [0.717, 1.165) is 6.20 Å². The van der Waals surface area contributed by atoms with Gasteiger partial charge in [0.2, 0.25) is 11.8 Å². The van der Waals surface area contributed by atoms with Crippen molar-refractivity contribution in [3.05, 3.63) is 82.7 Å². The summed E-state index contributed by atoms with van der Waals surface area (Å²) < 4.78 is 54.0. The first kappa shape index (κ1) is 32.7. The molecule has 0 radical (unpaired) electrons. The molecule has 244 valence electrons. The van der Waals surface area contributed by atoms with Crippen LogP contribution in [0.25, 0.3) is 11.0 Å². The van der Waals surface area contributed by atoms with Crippen LogP contribution in [0.5, 0.6) is 5.75 Å². The van der Waals surface area contributed by atoms with Gasteiger partial charge < -0.3 is 23.5 Å². The Labute approximate surface area is 264 Å². The third kappa shape index (κ3) is 6.50. The average molecular weight is 640 g/mol. The van der Waals surface area contributed by atoms with E-state index in [1.54, 1.807) is 62.3 Å². The number of nitrogens with zero attached hydrogens (tertiary/aromatic N) is 5. The Bertz CT molecular complexity index is 1800. The highest BCUT2D eigenvalue weighted by atomic mass is 19.4. The lowest BCUT2D eigenvalue weighted by Gasteiger charge is -2.27. The summed E-state index contributed by atoms with van der Waals surface area (Å²) in [6, 6.07) is 11.3. The molecule has 13 heteroatoms. The first-order valence-corrected chi connectivity index (χ1v) is 15.0. The van der Waals surface area contributed by atoms with Crippen LogP contribution in [0, 0.1) is 5.41 Å². The van der Waals surface area contributed by atoms with Crippen LogP contribution in [-0.4, -0.2) is 59.6 Å². The number of pyridine rings is 2. The van der Waals surface area contributed by atoms with Crippen molar-refractivity contribution in [2.45, 2.75) is 46.5 Å². The number of halogens is 3. The van der Waals surface area contributed by atoms with Gasteiger partial charge in [-0.2, -0.15) is 13.2 Å². The first-order valence-electron chi connectivity index (χ1n) is 15.0. The van der Waals surface area contributed by atoms with Gasteiger partial charge in [-0.25, -0.2) is 0 Å². The van der Waals surface area contributed by atoms with Crippen LogP contribution in [0.1, 0.15) is 38.4 Å². The number of hydrogen-bond acceptors (Lipinski definition) is 7. The van der Waals surface area contributed by atoms with Gasteiger partial charge in [-0.15, -0.1) is 0 Å². The van der Waals surface area contributed by atoms with Crippen molar-refractivity contribution < 1.29 is 31.9 Å². The number of carbonyl (C=O) groups is 2. The second-order valence-corrected chi connectivity index (χ2v) is 11.7. The topological polar surface area (TPSA) is 101 Å². The predicted octanol–water partition coefficient (Wildman–Crippen LogP) is 5.34. The zero-order valence-corrected chi connectivity index (χ0v) is 26.1. The average Bonchev–Trinajstić information content (AvgIpc) is 3.50. The maximum atomic E-state index is 13.7. The molecule has 2 amide bonds. The van der Waals surface area contributed by atoms with Crippen molar-refractivity contribution >= 4 is 34.2 Å². The lowest BCUT2D eigenvalue weighted by molar-refractivity contribution is -0.142. The lowest BCUT2D eigenvalue weighted by atomic mass is 9.90. The molecule has 0 aliphatic carbocycles. The van der Waals surface area contributed by atoms with Crippen molar-refractivity contribution in [1.82, 2.24) is 14.5 Å². The van der Waals surface area contributed by atoms with Gasteiger partial charge in [0.05, 0.1) is 29.6 Å². The van der Waals surface area contributed by atoms with Crippen LogP contribution < -0.4 is 20.1 Å². The largest absolute Gasteiger partial charge is 0.493 e. The summed E-state index contributed by atoms with van der Waals surface area (Å²) in [6.45, 7) is 6.56. The molecule has 46 heavy (non-hydrogen) atoms. The quantitative estimate of drug-likeness (QED) is 0.161. The van der Waals surface area contributed by atoms with Gasteiger partial charge in [-0.1, -0.05) is 6.07 Å². The number of alkyl halides is 3. The summed E-state index contributed by atoms with van der Waals surface area (Å²) in [5.41, 5.74) is -0.778. The zero-order valence-electron chi connectivity index (χ0n) is 26.1. The molecule has 0 fully saturated rings. The van der Waals surface area contributed by atoms with Gasteiger partial charge >= 0.3 is 6.18 Å². The Morgan fingerprint density at radius 1 is 1.02 bits per heavy atom. The van der Waals surface area contributed by atoms with Crippen LogP contribution in [0.2, 0.25) is 0 Å². The van der Waals surface area contributed by atoms with E-state index < -0.39 is 17.3 Å². The molecule has 0 atom stereocenters. The molecule has 3 aromatic heterocycles. The second-order valence-electron chi connectivity index (χ2n) is 11.7. The van der Waals surface area contributed by atoms with Crippen molar-refractivity contribution in [3.63, 3.8) is 0 Å². The molecule has 4 aromatic rings. The molecular formula is C33H36F3N5O5. The minimum absolute atomic E-state index is 0.0324. The molecule has 4 heterocycles. The van der Waals surface area contributed by atoms with Crippen molar-refractivity contribution in [2.24, 2.45) is 5.41 Å². The molecular weight excluding hydrogens is 603 g/mol. The highest BCUT2D eigenvalue weighted by Gasteiger charge is 2.45. The maximum Gasteiger partial charge on any atom is 0.433 e. The third-order valence-corrected chi connectivity index (χ3v) is 8.22. The Kier molecular flexibility index (Phi) is 9.24. The predicted molar refractivity (Wildman–Crippen MR) is 167 cm³/mol. The van der Waals surface area contributed by atoms with Crippen LogP contribution in [0.15, 0.2) is 70.3 Å². The monoisotopic (exact) mass is 639 g/mol. The van der Waals surface area contributed by atoms with E-state index in [1.807, 2.05) is 11.8 Å². The molecule has 0 saturated heterocycles. The molecule has 1 aliphatic rings. The second kappa shape index (κ2) is 13.0. The summed E-state index contributed by atoms with van der Waals surface area (Å²) in [5.74, 6) is -0.129. The third-order valence-electron chi connectivity index (χ3n) is 8.22. The molecule has 0 N–H and O–H groups in total. The van der Waals surface area contributed by atoms with E-state index >= 15 is 0 Å². The Balaban J connectivity index is 1.30. The number of furan rings is 1. The zero-order chi connectivity index (χ0) is 33.2. The number of amides is 2. The number of hydrogen-bond donors (Lipinski definition) is 0. The Morgan fingerprint density at radius 2 is 1.80 bits per heavy atom. The Morgan fingerprint density at radius 3 is 2.54 bits per heavy atom. The van der Waals surface area contributed by atoms with Gasteiger partial charge in [-0.05, 0) is 63.1 Å². The van der Waals surface area contributed by atoms with E-state index in [4.69, 9.17) is 9.15 Å². The van der Waals surface area contributed by atoms with Crippen molar-refractivity contribution in [3.8, 4) is 5.75 Å². The van der Waals surface area contributed by atoms with E-state index in [0.29, 0.717) is 47.6 Å². The summed E-state index contributed by atoms with van der Waals surface area (Å²) in [4.78, 5) is 47.6. The normalized spacial score (nSPS) is 15.0. The fourth-order valence-electron chi connectivity index (χ4n) is 5.71. The van der Waals surface area contributed by atoms with Crippen LogP contribution >= 0.6 is 0 Å². The summed E-state index contributed by atoms with van der Waals surface area (Å²) in [6.07, 6.45) is 0.00277. The molecule has 0 unspecified atom stereocenters. The fourth-order valence-corrected chi connectivity index (χ4v) is 5.71. The Hall–Kier alpha value is -4.65. The van der Waals surface area contributed by atoms with E-state index in [1.165, 1.54) is 27.9 Å². The number of fused-ring (bicyclic) bond motifs is 2. The minimum Gasteiger partial charge on any atom is -0.493 e. The van der Waals surface area contributed by atoms with Crippen molar-refractivity contribution in [1.29, 1.82) is 0 Å². The number of rotatable bonds is 11. The molecule has 5 rings (SSSR count). The fraction of sp³-hybridized carbons (Fsp3) is 0.394. The van der Waals surface area contributed by atoms with E-state index in [2.05, 4.69) is 4.98 Å². The standard InChI is InChI=1S/C33H36F3N5O5/c1-5-41-25-10-9-23(20-26(25)38(4)30(43)32(2,3)31(41)44)45-18-7-14-39(21-22-8-6-13-37-28(22)33(34,35)36)16-17-40-15-11-27-24(29(40)42)12-19-46-27/h6,8-13,15,19-20H,5,7,14,16-18,21H2,1-4H3. The number of anilines is 2. The van der Waals surface area contributed by atoms with Crippen LogP contribution in [0.4, 0.5) is 24.5 Å². The molecule has 0 bridgehead atoms. The summed E-state index contributed by atoms with van der Waals surface area (Å²) in [7, 11) is 1.63. The van der Waals surface area contributed by atoms with E-state index in [-0.39, 0.29) is 49.2 Å².